The molecule has 0 atom stereocenters. The van der Waals surface area contributed by atoms with Gasteiger partial charge in [-0.25, -0.2) is 0 Å². The van der Waals surface area contributed by atoms with Gasteiger partial charge in [-0.2, -0.15) is 0 Å². The van der Waals surface area contributed by atoms with E-state index in [1.807, 2.05) is 0 Å². The van der Waals surface area contributed by atoms with E-state index < -0.39 is 5.97 Å². The van der Waals surface area contributed by atoms with E-state index in [4.69, 9.17) is 10.8 Å². The maximum atomic E-state index is 11.0. The standard InChI is InChI=1S/C20H31N3O2.3ClH/c21-13-15-1-7-19(8-2-15)23-11-9-16(10-12-23)14-22-18-5-3-17(4-6-18)20(24)25;;;/h1-2,7-8,16-18,22H,3-6,9-14,21H2,(H,24,25);3*1H/t17-,18-;;;. The summed E-state index contributed by atoms with van der Waals surface area (Å²) in [6.45, 7) is 3.89. The average Bonchev–Trinajstić information content (AvgIpc) is 2.67. The van der Waals surface area contributed by atoms with Gasteiger partial charge in [0.05, 0.1) is 5.92 Å². The van der Waals surface area contributed by atoms with Crippen molar-refractivity contribution in [1.82, 2.24) is 5.32 Å². The van der Waals surface area contributed by atoms with Gasteiger partial charge in [0.2, 0.25) is 0 Å². The minimum absolute atomic E-state index is 0. The first-order chi connectivity index (χ1) is 12.2. The number of piperidine rings is 1. The number of nitrogens with two attached hydrogens (primary N) is 1. The van der Waals surface area contributed by atoms with Gasteiger partial charge in [-0.1, -0.05) is 12.1 Å². The van der Waals surface area contributed by atoms with Crippen LogP contribution in [0.1, 0.15) is 44.1 Å². The van der Waals surface area contributed by atoms with Crippen LogP contribution in [0.3, 0.4) is 0 Å². The Morgan fingerprint density at radius 1 is 1.00 bits per heavy atom. The summed E-state index contributed by atoms with van der Waals surface area (Å²) in [5.74, 6) is -0.00553. The summed E-state index contributed by atoms with van der Waals surface area (Å²) in [5, 5.41) is 12.8. The van der Waals surface area contributed by atoms with Gasteiger partial charge in [0.1, 0.15) is 0 Å². The summed E-state index contributed by atoms with van der Waals surface area (Å²) < 4.78 is 0. The zero-order valence-corrected chi connectivity index (χ0v) is 18.7. The molecule has 1 aromatic rings. The molecule has 5 nitrogen and oxygen atoms in total. The normalized spacial score (nSPS) is 22.4. The topological polar surface area (TPSA) is 78.6 Å². The summed E-state index contributed by atoms with van der Waals surface area (Å²) >= 11 is 0. The smallest absolute Gasteiger partial charge is 0.306 e. The van der Waals surface area contributed by atoms with Gasteiger partial charge in [0.25, 0.3) is 0 Å². The van der Waals surface area contributed by atoms with Gasteiger partial charge in [-0.15, -0.1) is 37.2 Å². The molecular formula is C20H34Cl3N3O2. The summed E-state index contributed by atoms with van der Waals surface area (Å²) in [4.78, 5) is 13.5. The van der Waals surface area contributed by atoms with Crippen LogP contribution < -0.4 is 16.0 Å². The molecule has 2 aliphatic rings. The van der Waals surface area contributed by atoms with Crippen LogP contribution in [0.5, 0.6) is 0 Å². The maximum absolute atomic E-state index is 11.0. The van der Waals surface area contributed by atoms with Crippen LogP contribution in [0.4, 0.5) is 5.69 Å². The number of carboxylic acids is 1. The summed E-state index contributed by atoms with van der Waals surface area (Å²) in [6, 6.07) is 9.12. The fourth-order valence-corrected chi connectivity index (χ4v) is 4.12. The molecule has 0 radical (unpaired) electrons. The molecule has 0 amide bonds. The van der Waals surface area contributed by atoms with Gasteiger partial charge >= 0.3 is 5.97 Å². The largest absolute Gasteiger partial charge is 0.481 e. The lowest BCUT2D eigenvalue weighted by atomic mass is 9.85. The third-order valence-electron chi connectivity index (χ3n) is 5.92. The van der Waals surface area contributed by atoms with E-state index in [-0.39, 0.29) is 43.1 Å². The van der Waals surface area contributed by atoms with Gasteiger partial charge in [0, 0.05) is 31.4 Å². The van der Waals surface area contributed by atoms with E-state index in [2.05, 4.69) is 34.5 Å². The lowest BCUT2D eigenvalue weighted by molar-refractivity contribution is -0.142. The van der Waals surface area contributed by atoms with Gasteiger partial charge < -0.3 is 21.1 Å². The highest BCUT2D eigenvalue weighted by Gasteiger charge is 2.26. The second-order valence-electron chi connectivity index (χ2n) is 7.60. The van der Waals surface area contributed by atoms with Gasteiger partial charge in [-0.05, 0) is 68.7 Å². The molecule has 3 rings (SSSR count). The number of hydrogen-bond donors (Lipinski definition) is 3. The first-order valence-electron chi connectivity index (χ1n) is 9.66. The Kier molecular flexibility index (Phi) is 13.1. The average molecular weight is 455 g/mol. The Bertz CT molecular complexity index is 558. The van der Waals surface area contributed by atoms with Crippen LogP contribution in [0.15, 0.2) is 24.3 Å². The summed E-state index contributed by atoms with van der Waals surface area (Å²) in [7, 11) is 0. The number of carbonyl (C=O) groups is 1. The Morgan fingerprint density at radius 2 is 1.57 bits per heavy atom. The van der Waals surface area contributed by atoms with Crippen molar-refractivity contribution in [2.45, 2.75) is 51.1 Å². The number of rotatable bonds is 6. The Balaban J connectivity index is 0.00000243. The SMILES string of the molecule is Cl.Cl.Cl.NCc1ccc(N2CCC(CN[C@H]3CC[C@H](C(=O)O)CC3)CC2)cc1. The van der Waals surface area contributed by atoms with Crippen molar-refractivity contribution in [3.8, 4) is 0 Å². The van der Waals surface area contributed by atoms with Gasteiger partial charge in [-0.3, -0.25) is 4.79 Å². The molecule has 2 fully saturated rings. The molecule has 1 heterocycles. The number of halogens is 3. The third kappa shape index (κ3) is 7.60. The van der Waals surface area contributed by atoms with Crippen molar-refractivity contribution >= 4 is 48.9 Å². The molecule has 4 N–H and O–H groups in total. The molecule has 1 aromatic carbocycles. The minimum atomic E-state index is -0.620. The zero-order valence-electron chi connectivity index (χ0n) is 16.2. The third-order valence-corrected chi connectivity index (χ3v) is 5.92. The molecule has 0 bridgehead atoms. The van der Waals surface area contributed by atoms with Crippen LogP contribution in [0.25, 0.3) is 0 Å². The van der Waals surface area contributed by atoms with Gasteiger partial charge in [0.15, 0.2) is 0 Å². The Morgan fingerprint density at radius 3 is 2.07 bits per heavy atom. The Hall–Kier alpha value is -0.720. The van der Waals surface area contributed by atoms with E-state index in [1.54, 1.807) is 0 Å². The lowest BCUT2D eigenvalue weighted by Gasteiger charge is -2.35. The molecule has 0 aromatic heterocycles. The van der Waals surface area contributed by atoms with E-state index in [0.717, 1.165) is 51.2 Å². The molecule has 28 heavy (non-hydrogen) atoms. The summed E-state index contributed by atoms with van der Waals surface area (Å²) in [6.07, 6.45) is 6.09. The van der Waals surface area contributed by atoms with Crippen LogP contribution >= 0.6 is 37.2 Å². The van der Waals surface area contributed by atoms with Crippen molar-refractivity contribution in [3.63, 3.8) is 0 Å². The second-order valence-corrected chi connectivity index (χ2v) is 7.60. The van der Waals surface area contributed by atoms with Crippen molar-refractivity contribution in [2.75, 3.05) is 24.5 Å². The van der Waals surface area contributed by atoms with E-state index >= 15 is 0 Å². The molecular weight excluding hydrogens is 421 g/mol. The van der Waals surface area contributed by atoms with E-state index in [1.165, 1.54) is 24.1 Å². The molecule has 8 heteroatoms. The monoisotopic (exact) mass is 453 g/mol. The first kappa shape index (κ1) is 27.3. The number of hydrogen-bond acceptors (Lipinski definition) is 4. The molecule has 1 aliphatic heterocycles. The highest BCUT2D eigenvalue weighted by Crippen LogP contribution is 2.26. The van der Waals surface area contributed by atoms with Crippen LogP contribution in [-0.4, -0.2) is 36.8 Å². The number of aliphatic carboxylic acids is 1. The Labute approximate surface area is 187 Å². The predicted molar refractivity (Wildman–Crippen MR) is 122 cm³/mol. The number of anilines is 1. The quantitative estimate of drug-likeness (QED) is 0.608. The van der Waals surface area contributed by atoms with Crippen molar-refractivity contribution in [3.05, 3.63) is 29.8 Å². The van der Waals surface area contributed by atoms with Crippen LogP contribution in [0, 0.1) is 11.8 Å². The van der Waals surface area contributed by atoms with E-state index in [9.17, 15) is 4.79 Å². The number of nitrogens with one attached hydrogen (secondary N) is 1. The van der Waals surface area contributed by atoms with Crippen molar-refractivity contribution in [2.24, 2.45) is 17.6 Å². The van der Waals surface area contributed by atoms with Crippen LogP contribution in [0.2, 0.25) is 0 Å². The fraction of sp³-hybridized carbons (Fsp3) is 0.650. The zero-order chi connectivity index (χ0) is 17.6. The van der Waals surface area contributed by atoms with E-state index in [0.29, 0.717) is 12.6 Å². The molecule has 162 valence electrons. The van der Waals surface area contributed by atoms with Crippen molar-refractivity contribution in [1.29, 1.82) is 0 Å². The predicted octanol–water partition coefficient (Wildman–Crippen LogP) is 3.86. The summed E-state index contributed by atoms with van der Waals surface area (Å²) in [5.41, 5.74) is 8.15. The molecule has 1 aliphatic carbocycles. The fourth-order valence-electron chi connectivity index (χ4n) is 4.12. The number of carboxylic acid groups (broad SMARTS) is 1. The number of nitrogens with zero attached hydrogens (tertiary/aromatic N) is 1. The van der Waals surface area contributed by atoms with Crippen molar-refractivity contribution < 1.29 is 9.90 Å². The molecule has 0 unspecified atom stereocenters. The minimum Gasteiger partial charge on any atom is -0.481 e. The first-order valence-corrected chi connectivity index (χ1v) is 9.66. The molecule has 0 spiro atoms. The maximum Gasteiger partial charge on any atom is 0.306 e. The van der Waals surface area contributed by atoms with Crippen LogP contribution in [-0.2, 0) is 11.3 Å². The molecule has 1 saturated heterocycles. The molecule has 1 saturated carbocycles. The lowest BCUT2D eigenvalue weighted by Crippen LogP contribution is -2.41. The second kappa shape index (κ2) is 13.5. The highest BCUT2D eigenvalue weighted by atomic mass is 35.5. The number of benzene rings is 1. The highest BCUT2D eigenvalue weighted by molar-refractivity contribution is 5.86.